The smallest absolute Gasteiger partial charge is 0.246 e. The molecule has 1 fully saturated rings. The Morgan fingerprint density at radius 3 is 2.67 bits per heavy atom. The van der Waals surface area contributed by atoms with Crippen molar-refractivity contribution in [1.29, 1.82) is 0 Å². The van der Waals surface area contributed by atoms with Gasteiger partial charge in [-0.15, -0.1) is 0 Å². The number of hydrogen-bond donors (Lipinski definition) is 1. The molecule has 1 aromatic carbocycles. The maximum Gasteiger partial charge on any atom is 0.246 e. The summed E-state index contributed by atoms with van der Waals surface area (Å²) in [6.07, 6.45) is 1.61. The highest BCUT2D eigenvalue weighted by Crippen LogP contribution is 2.28. The molecule has 0 amide bonds. The van der Waals surface area contributed by atoms with Gasteiger partial charge < -0.3 is 5.32 Å². The maximum absolute atomic E-state index is 14.0. The van der Waals surface area contributed by atoms with Gasteiger partial charge in [0.15, 0.2) is 5.82 Å². The molecule has 118 valence electrons. The Bertz CT molecular complexity index is 587. The summed E-state index contributed by atoms with van der Waals surface area (Å²) in [5.74, 6) is -0.226. The van der Waals surface area contributed by atoms with E-state index in [4.69, 9.17) is 0 Å². The summed E-state index contributed by atoms with van der Waals surface area (Å²) in [6, 6.07) is 4.36. The Morgan fingerprint density at radius 1 is 1.38 bits per heavy atom. The summed E-state index contributed by atoms with van der Waals surface area (Å²) < 4.78 is 40.7. The van der Waals surface area contributed by atoms with Crippen LogP contribution in [-0.4, -0.2) is 38.9 Å². The minimum absolute atomic E-state index is 0.172. The molecule has 0 spiro atoms. The number of halogens is 2. The molecule has 1 aliphatic rings. The van der Waals surface area contributed by atoms with E-state index in [1.807, 2.05) is 0 Å². The normalized spacial score (nSPS) is 18.0. The fourth-order valence-corrected chi connectivity index (χ4v) is 4.58. The molecule has 0 atom stereocenters. The van der Waals surface area contributed by atoms with Crippen molar-refractivity contribution in [3.8, 4) is 0 Å². The van der Waals surface area contributed by atoms with E-state index in [9.17, 15) is 12.8 Å². The van der Waals surface area contributed by atoms with Gasteiger partial charge in [0.1, 0.15) is 4.90 Å². The summed E-state index contributed by atoms with van der Waals surface area (Å²) in [4.78, 5) is -0.248. The van der Waals surface area contributed by atoms with Crippen LogP contribution in [0.4, 0.5) is 4.39 Å². The van der Waals surface area contributed by atoms with Crippen LogP contribution >= 0.6 is 15.9 Å². The van der Waals surface area contributed by atoms with E-state index in [0.29, 0.717) is 19.0 Å². The fraction of sp³-hybridized carbons (Fsp3) is 0.571. The molecule has 1 saturated heterocycles. The van der Waals surface area contributed by atoms with Crippen LogP contribution in [0.5, 0.6) is 0 Å². The molecule has 0 aromatic heterocycles. The van der Waals surface area contributed by atoms with Gasteiger partial charge in [-0.25, -0.2) is 12.8 Å². The number of benzene rings is 1. The number of sulfonamides is 1. The van der Waals surface area contributed by atoms with Crippen molar-refractivity contribution < 1.29 is 12.8 Å². The first-order valence-electron chi connectivity index (χ1n) is 7.11. The average molecular weight is 379 g/mol. The molecule has 1 N–H and O–H groups in total. The molecule has 4 nitrogen and oxygen atoms in total. The molecule has 21 heavy (non-hydrogen) atoms. The highest BCUT2D eigenvalue weighted by Gasteiger charge is 2.31. The molecule has 1 aromatic rings. The lowest BCUT2D eigenvalue weighted by Crippen LogP contribution is -2.41. The molecule has 0 unspecified atom stereocenters. The molecule has 0 saturated carbocycles. The molecular formula is C14H20BrFN2O2S. The lowest BCUT2D eigenvalue weighted by Gasteiger charge is -2.31. The lowest BCUT2D eigenvalue weighted by molar-refractivity contribution is 0.268. The molecular weight excluding hydrogens is 359 g/mol. The molecule has 0 aliphatic carbocycles. The fourth-order valence-electron chi connectivity index (χ4n) is 2.52. The SMILES string of the molecule is CCNCC1CCN(S(=O)(=O)c2cccc(Br)c2F)CC1. The van der Waals surface area contributed by atoms with Gasteiger partial charge in [0.05, 0.1) is 4.47 Å². The van der Waals surface area contributed by atoms with Crippen molar-refractivity contribution in [3.05, 3.63) is 28.5 Å². The van der Waals surface area contributed by atoms with Crippen LogP contribution in [0.3, 0.4) is 0 Å². The van der Waals surface area contributed by atoms with E-state index >= 15 is 0 Å². The van der Waals surface area contributed by atoms with Crippen LogP contribution < -0.4 is 5.32 Å². The Balaban J connectivity index is 2.10. The van der Waals surface area contributed by atoms with Crippen LogP contribution in [0.15, 0.2) is 27.6 Å². The largest absolute Gasteiger partial charge is 0.317 e. The van der Waals surface area contributed by atoms with Gasteiger partial charge in [-0.1, -0.05) is 13.0 Å². The predicted molar refractivity (Wildman–Crippen MR) is 84.1 cm³/mol. The Morgan fingerprint density at radius 2 is 2.05 bits per heavy atom. The first kappa shape index (κ1) is 16.9. The van der Waals surface area contributed by atoms with E-state index in [0.717, 1.165) is 25.9 Å². The van der Waals surface area contributed by atoms with Gasteiger partial charge in [-0.05, 0) is 59.9 Å². The predicted octanol–water partition coefficient (Wildman–Crippen LogP) is 2.60. The van der Waals surface area contributed by atoms with Crippen LogP contribution in [0, 0.1) is 11.7 Å². The van der Waals surface area contributed by atoms with Gasteiger partial charge in [0.25, 0.3) is 0 Å². The Labute approximate surface area is 133 Å². The van der Waals surface area contributed by atoms with Crippen molar-refractivity contribution in [2.75, 3.05) is 26.2 Å². The summed E-state index contributed by atoms with van der Waals surface area (Å²) in [5, 5.41) is 3.29. The molecule has 0 radical (unpaired) electrons. The highest BCUT2D eigenvalue weighted by atomic mass is 79.9. The first-order chi connectivity index (χ1) is 9.96. The van der Waals surface area contributed by atoms with Crippen molar-refractivity contribution in [2.24, 2.45) is 5.92 Å². The number of hydrogen-bond acceptors (Lipinski definition) is 3. The molecule has 1 aliphatic heterocycles. The van der Waals surface area contributed by atoms with Crippen LogP contribution in [0.2, 0.25) is 0 Å². The molecule has 7 heteroatoms. The third kappa shape index (κ3) is 3.83. The second-order valence-electron chi connectivity index (χ2n) is 5.21. The van der Waals surface area contributed by atoms with Crippen molar-refractivity contribution in [2.45, 2.75) is 24.7 Å². The number of piperidine rings is 1. The van der Waals surface area contributed by atoms with E-state index in [2.05, 4.69) is 28.2 Å². The van der Waals surface area contributed by atoms with E-state index < -0.39 is 15.8 Å². The van der Waals surface area contributed by atoms with Crippen LogP contribution in [0.1, 0.15) is 19.8 Å². The van der Waals surface area contributed by atoms with Gasteiger partial charge in [-0.3, -0.25) is 0 Å². The monoisotopic (exact) mass is 378 g/mol. The van der Waals surface area contributed by atoms with Gasteiger partial charge >= 0.3 is 0 Å². The quantitative estimate of drug-likeness (QED) is 0.856. The third-order valence-electron chi connectivity index (χ3n) is 3.79. The molecule has 1 heterocycles. The van der Waals surface area contributed by atoms with Gasteiger partial charge in [0, 0.05) is 13.1 Å². The van der Waals surface area contributed by atoms with Crippen molar-refractivity contribution in [3.63, 3.8) is 0 Å². The topological polar surface area (TPSA) is 49.4 Å². The van der Waals surface area contributed by atoms with Crippen molar-refractivity contribution >= 4 is 26.0 Å². The summed E-state index contributed by atoms with van der Waals surface area (Å²) in [6.45, 7) is 4.78. The molecule has 2 rings (SSSR count). The summed E-state index contributed by atoms with van der Waals surface area (Å²) in [5.41, 5.74) is 0. The van der Waals surface area contributed by atoms with Crippen LogP contribution in [0.25, 0.3) is 0 Å². The summed E-state index contributed by atoms with van der Waals surface area (Å²) in [7, 11) is -3.75. The maximum atomic E-state index is 14.0. The summed E-state index contributed by atoms with van der Waals surface area (Å²) >= 11 is 3.03. The van der Waals surface area contributed by atoms with E-state index in [1.54, 1.807) is 0 Å². The van der Waals surface area contributed by atoms with E-state index in [-0.39, 0.29) is 9.37 Å². The zero-order chi connectivity index (χ0) is 15.5. The van der Waals surface area contributed by atoms with Gasteiger partial charge in [0.2, 0.25) is 10.0 Å². The van der Waals surface area contributed by atoms with Crippen LogP contribution in [-0.2, 0) is 10.0 Å². The minimum Gasteiger partial charge on any atom is -0.317 e. The zero-order valence-electron chi connectivity index (χ0n) is 12.0. The Kier molecular flexibility index (Phi) is 5.76. The van der Waals surface area contributed by atoms with Gasteiger partial charge in [-0.2, -0.15) is 4.31 Å². The highest BCUT2D eigenvalue weighted by molar-refractivity contribution is 9.10. The molecule has 0 bridgehead atoms. The number of nitrogens with zero attached hydrogens (tertiary/aromatic N) is 1. The average Bonchev–Trinajstić information content (AvgIpc) is 2.48. The lowest BCUT2D eigenvalue weighted by atomic mass is 9.98. The number of nitrogens with one attached hydrogen (secondary N) is 1. The minimum atomic E-state index is -3.75. The number of rotatable bonds is 5. The second kappa shape index (κ2) is 7.17. The third-order valence-corrected chi connectivity index (χ3v) is 6.32. The second-order valence-corrected chi connectivity index (χ2v) is 7.97. The van der Waals surface area contributed by atoms with Crippen molar-refractivity contribution in [1.82, 2.24) is 9.62 Å². The van der Waals surface area contributed by atoms with E-state index in [1.165, 1.54) is 22.5 Å². The zero-order valence-corrected chi connectivity index (χ0v) is 14.4. The Hall–Kier alpha value is -0.500. The standard InChI is InChI=1S/C14H20BrFN2O2S/c1-2-17-10-11-6-8-18(9-7-11)21(19,20)13-5-3-4-12(15)14(13)16/h3-5,11,17H,2,6-10H2,1H3. The first-order valence-corrected chi connectivity index (χ1v) is 9.35.